The average Bonchev–Trinajstić information content (AvgIpc) is 2.23. The maximum absolute atomic E-state index is 11.3. The van der Waals surface area contributed by atoms with Crippen molar-refractivity contribution in [3.8, 4) is 0 Å². The standard InChI is InChI=1S/C7H12N2O6/c1-8-4(10)7(3-15-14,6(12)13)5(11)9-2/h14H,3H2,1-2H3,(H,8,10)(H,9,11)(H,12,13). The molecule has 0 spiro atoms. The van der Waals surface area contributed by atoms with E-state index in [2.05, 4.69) is 4.89 Å². The number of hydrogen-bond acceptors (Lipinski definition) is 5. The highest BCUT2D eigenvalue weighted by molar-refractivity contribution is 6.20. The van der Waals surface area contributed by atoms with Crippen molar-refractivity contribution in [1.29, 1.82) is 0 Å². The fraction of sp³-hybridized carbons (Fsp3) is 0.571. The molecule has 0 saturated carbocycles. The molecule has 0 aliphatic heterocycles. The lowest BCUT2D eigenvalue weighted by molar-refractivity contribution is -0.258. The van der Waals surface area contributed by atoms with Gasteiger partial charge in [0.05, 0.1) is 0 Å². The van der Waals surface area contributed by atoms with Gasteiger partial charge in [0, 0.05) is 14.1 Å². The molecular weight excluding hydrogens is 208 g/mol. The van der Waals surface area contributed by atoms with E-state index >= 15 is 0 Å². The van der Waals surface area contributed by atoms with E-state index in [4.69, 9.17) is 10.4 Å². The Kier molecular flexibility index (Phi) is 4.68. The first kappa shape index (κ1) is 13.3. The van der Waals surface area contributed by atoms with Crippen LogP contribution in [0.2, 0.25) is 0 Å². The second kappa shape index (κ2) is 5.27. The van der Waals surface area contributed by atoms with Crippen LogP contribution in [0.1, 0.15) is 0 Å². The number of aliphatic carboxylic acids is 1. The van der Waals surface area contributed by atoms with Crippen molar-refractivity contribution in [3.63, 3.8) is 0 Å². The lowest BCUT2D eigenvalue weighted by atomic mass is 9.87. The molecule has 0 heterocycles. The van der Waals surface area contributed by atoms with E-state index in [1.807, 2.05) is 10.6 Å². The van der Waals surface area contributed by atoms with Crippen molar-refractivity contribution >= 4 is 17.8 Å². The van der Waals surface area contributed by atoms with Gasteiger partial charge in [-0.15, -0.1) is 0 Å². The summed E-state index contributed by atoms with van der Waals surface area (Å²) in [7, 11) is 2.33. The number of nitrogens with one attached hydrogen (secondary N) is 2. The predicted octanol–water partition coefficient (Wildman–Crippen LogP) is -1.96. The quantitative estimate of drug-likeness (QED) is 0.242. The summed E-state index contributed by atoms with van der Waals surface area (Å²) in [5.41, 5.74) is -2.49. The number of hydrogen-bond donors (Lipinski definition) is 4. The van der Waals surface area contributed by atoms with E-state index in [-0.39, 0.29) is 0 Å². The minimum absolute atomic E-state index is 0.971. The molecule has 15 heavy (non-hydrogen) atoms. The maximum Gasteiger partial charge on any atom is 0.331 e. The third kappa shape index (κ3) is 2.22. The Bertz CT molecular complexity index is 261. The van der Waals surface area contributed by atoms with Crippen molar-refractivity contribution < 1.29 is 29.6 Å². The van der Waals surface area contributed by atoms with E-state index in [1.54, 1.807) is 0 Å². The minimum atomic E-state index is -2.49. The Balaban J connectivity index is 5.36. The topological polar surface area (TPSA) is 125 Å². The van der Waals surface area contributed by atoms with Crippen molar-refractivity contribution in [3.05, 3.63) is 0 Å². The van der Waals surface area contributed by atoms with Crippen molar-refractivity contribution in [1.82, 2.24) is 10.6 Å². The molecule has 0 aromatic carbocycles. The van der Waals surface area contributed by atoms with Crippen LogP contribution in [0.5, 0.6) is 0 Å². The number of carbonyl (C=O) groups is 3. The van der Waals surface area contributed by atoms with Crippen LogP contribution in [0.15, 0.2) is 0 Å². The summed E-state index contributed by atoms with van der Waals surface area (Å²) in [6, 6.07) is 0. The Morgan fingerprint density at radius 2 is 1.60 bits per heavy atom. The molecule has 0 rings (SSSR count). The average molecular weight is 220 g/mol. The van der Waals surface area contributed by atoms with E-state index in [0.717, 1.165) is 0 Å². The summed E-state index contributed by atoms with van der Waals surface area (Å²) in [5.74, 6) is -3.87. The van der Waals surface area contributed by atoms with Gasteiger partial charge < -0.3 is 15.7 Å². The SMILES string of the molecule is CNC(=O)C(COO)(C(=O)O)C(=O)NC. The molecule has 0 aliphatic carbocycles. The normalized spacial score (nSPS) is 10.6. The zero-order chi connectivity index (χ0) is 12.1. The molecule has 86 valence electrons. The van der Waals surface area contributed by atoms with Crippen LogP contribution in [-0.2, 0) is 19.3 Å². The summed E-state index contributed by atoms with van der Waals surface area (Å²) >= 11 is 0. The summed E-state index contributed by atoms with van der Waals surface area (Å²) in [5, 5.41) is 21.1. The molecular formula is C7H12N2O6. The molecule has 0 unspecified atom stereocenters. The van der Waals surface area contributed by atoms with Crippen molar-refractivity contribution in [2.45, 2.75) is 0 Å². The van der Waals surface area contributed by atoms with E-state index < -0.39 is 29.8 Å². The van der Waals surface area contributed by atoms with Crippen LogP contribution < -0.4 is 10.6 Å². The first-order valence-electron chi connectivity index (χ1n) is 3.91. The molecule has 8 nitrogen and oxygen atoms in total. The van der Waals surface area contributed by atoms with E-state index in [1.165, 1.54) is 14.1 Å². The molecule has 0 atom stereocenters. The first-order chi connectivity index (χ1) is 6.97. The summed E-state index contributed by atoms with van der Waals surface area (Å²) in [6.45, 7) is -0.971. The highest BCUT2D eigenvalue weighted by atomic mass is 17.1. The van der Waals surface area contributed by atoms with Crippen LogP contribution in [-0.4, -0.2) is 48.8 Å². The fourth-order valence-corrected chi connectivity index (χ4v) is 1.01. The number of amides is 2. The third-order valence-corrected chi connectivity index (χ3v) is 1.88. The zero-order valence-corrected chi connectivity index (χ0v) is 8.23. The summed E-state index contributed by atoms with van der Waals surface area (Å²) < 4.78 is 0. The summed E-state index contributed by atoms with van der Waals surface area (Å²) in [6.07, 6.45) is 0. The summed E-state index contributed by atoms with van der Waals surface area (Å²) in [4.78, 5) is 37.2. The molecule has 0 saturated heterocycles. The number of carboxylic acids is 1. The zero-order valence-electron chi connectivity index (χ0n) is 8.23. The lowest BCUT2D eigenvalue weighted by Crippen LogP contribution is -2.57. The van der Waals surface area contributed by atoms with Gasteiger partial charge >= 0.3 is 5.97 Å². The van der Waals surface area contributed by atoms with Gasteiger partial charge in [-0.05, 0) is 0 Å². The Labute approximate surface area is 85.1 Å². The van der Waals surface area contributed by atoms with Crippen molar-refractivity contribution in [2.24, 2.45) is 5.41 Å². The molecule has 2 amide bonds. The van der Waals surface area contributed by atoms with Gasteiger partial charge in [-0.3, -0.25) is 19.6 Å². The molecule has 0 fully saturated rings. The molecule has 0 aromatic rings. The van der Waals surface area contributed by atoms with Crippen LogP contribution in [0.4, 0.5) is 0 Å². The molecule has 0 bridgehead atoms. The van der Waals surface area contributed by atoms with Gasteiger partial charge in [0.15, 0.2) is 0 Å². The predicted molar refractivity (Wildman–Crippen MR) is 46.8 cm³/mol. The second-order valence-electron chi connectivity index (χ2n) is 2.64. The number of rotatable bonds is 5. The Hall–Kier alpha value is -1.67. The van der Waals surface area contributed by atoms with Crippen molar-refractivity contribution in [2.75, 3.05) is 20.7 Å². The highest BCUT2D eigenvalue weighted by Gasteiger charge is 2.53. The molecule has 0 radical (unpaired) electrons. The minimum Gasteiger partial charge on any atom is -0.480 e. The lowest BCUT2D eigenvalue weighted by Gasteiger charge is -2.23. The largest absolute Gasteiger partial charge is 0.480 e. The molecule has 0 aliphatic rings. The molecule has 0 aromatic heterocycles. The first-order valence-corrected chi connectivity index (χ1v) is 3.91. The highest BCUT2D eigenvalue weighted by Crippen LogP contribution is 2.18. The fourth-order valence-electron chi connectivity index (χ4n) is 1.01. The molecule has 8 heteroatoms. The Morgan fingerprint density at radius 3 is 1.80 bits per heavy atom. The van der Waals surface area contributed by atoms with Gasteiger partial charge in [-0.1, -0.05) is 0 Å². The van der Waals surface area contributed by atoms with Crippen LogP contribution in [0.3, 0.4) is 0 Å². The maximum atomic E-state index is 11.3. The number of carboxylic acid groups (broad SMARTS) is 1. The smallest absolute Gasteiger partial charge is 0.331 e. The monoisotopic (exact) mass is 220 g/mol. The van der Waals surface area contributed by atoms with Crippen LogP contribution in [0, 0.1) is 5.41 Å². The van der Waals surface area contributed by atoms with Gasteiger partial charge in [-0.2, -0.15) is 0 Å². The van der Waals surface area contributed by atoms with E-state index in [9.17, 15) is 14.4 Å². The third-order valence-electron chi connectivity index (χ3n) is 1.88. The Morgan fingerprint density at radius 1 is 1.20 bits per heavy atom. The van der Waals surface area contributed by atoms with Gasteiger partial charge in [0.25, 0.3) is 0 Å². The van der Waals surface area contributed by atoms with Gasteiger partial charge in [-0.25, -0.2) is 4.89 Å². The number of carbonyl (C=O) groups excluding carboxylic acids is 2. The second-order valence-corrected chi connectivity index (χ2v) is 2.64. The van der Waals surface area contributed by atoms with E-state index in [0.29, 0.717) is 0 Å². The van der Waals surface area contributed by atoms with Crippen LogP contribution >= 0.6 is 0 Å². The van der Waals surface area contributed by atoms with Crippen LogP contribution in [0.25, 0.3) is 0 Å². The molecule has 4 N–H and O–H groups in total. The van der Waals surface area contributed by atoms with Gasteiger partial charge in [0.1, 0.15) is 6.61 Å². The van der Waals surface area contributed by atoms with Gasteiger partial charge in [0.2, 0.25) is 17.2 Å².